The molecule has 0 radical (unpaired) electrons. The molecule has 2 heterocycles. The standard InChI is InChI=1S/C11H15NO7S2/c1-6-9(11(13)14)10(7(2)19-6)21(17,18)12-8-3-4-20(15,16)5-8/h8,12H,3-5H2,1-2H3,(H,13,14). The van der Waals surface area contributed by atoms with Crippen molar-refractivity contribution in [1.29, 1.82) is 0 Å². The summed E-state index contributed by atoms with van der Waals surface area (Å²) in [5, 5.41) is 9.12. The van der Waals surface area contributed by atoms with E-state index in [1.807, 2.05) is 0 Å². The monoisotopic (exact) mass is 337 g/mol. The van der Waals surface area contributed by atoms with Gasteiger partial charge in [0, 0.05) is 6.04 Å². The van der Waals surface area contributed by atoms with Gasteiger partial charge in [0.2, 0.25) is 10.0 Å². The normalized spacial score (nSPS) is 21.5. The molecule has 10 heteroatoms. The van der Waals surface area contributed by atoms with Crippen LogP contribution in [0, 0.1) is 13.8 Å². The van der Waals surface area contributed by atoms with Crippen LogP contribution in [0.2, 0.25) is 0 Å². The van der Waals surface area contributed by atoms with Crippen molar-refractivity contribution in [2.24, 2.45) is 0 Å². The molecular weight excluding hydrogens is 322 g/mol. The van der Waals surface area contributed by atoms with E-state index in [9.17, 15) is 21.6 Å². The molecule has 8 nitrogen and oxygen atoms in total. The third-order valence-electron chi connectivity index (χ3n) is 3.24. The fourth-order valence-electron chi connectivity index (χ4n) is 2.40. The Hall–Kier alpha value is -1.39. The molecule has 2 N–H and O–H groups in total. The highest BCUT2D eigenvalue weighted by molar-refractivity contribution is 7.92. The van der Waals surface area contributed by atoms with E-state index in [1.165, 1.54) is 13.8 Å². The number of carbonyl (C=O) groups is 1. The number of aryl methyl sites for hydroxylation is 2. The summed E-state index contributed by atoms with van der Waals surface area (Å²) in [6.45, 7) is 2.70. The Bertz CT molecular complexity index is 789. The first-order valence-electron chi connectivity index (χ1n) is 6.09. The zero-order chi connectivity index (χ0) is 16.0. The van der Waals surface area contributed by atoms with Gasteiger partial charge in [0.1, 0.15) is 22.0 Å². The maximum atomic E-state index is 12.3. The van der Waals surface area contributed by atoms with Gasteiger partial charge >= 0.3 is 5.97 Å². The lowest BCUT2D eigenvalue weighted by Gasteiger charge is -2.11. The van der Waals surface area contributed by atoms with Crippen LogP contribution in [-0.4, -0.2) is 45.5 Å². The third kappa shape index (κ3) is 3.11. The van der Waals surface area contributed by atoms with Crippen LogP contribution in [0.5, 0.6) is 0 Å². The number of aromatic carboxylic acids is 1. The molecule has 1 aromatic heterocycles. The average molecular weight is 337 g/mol. The molecule has 1 aromatic rings. The van der Waals surface area contributed by atoms with Gasteiger partial charge in [0.15, 0.2) is 9.84 Å². The average Bonchev–Trinajstić information content (AvgIpc) is 2.77. The molecule has 2 rings (SSSR count). The van der Waals surface area contributed by atoms with Gasteiger partial charge in [-0.2, -0.15) is 0 Å². The summed E-state index contributed by atoms with van der Waals surface area (Å²) >= 11 is 0. The van der Waals surface area contributed by atoms with Crippen molar-refractivity contribution < 1.29 is 31.2 Å². The minimum Gasteiger partial charge on any atom is -0.478 e. The molecule has 0 amide bonds. The summed E-state index contributed by atoms with van der Waals surface area (Å²) in [4.78, 5) is 10.7. The van der Waals surface area contributed by atoms with E-state index in [-0.39, 0.29) is 29.4 Å². The van der Waals surface area contributed by atoms with Crippen molar-refractivity contribution >= 4 is 25.8 Å². The van der Waals surface area contributed by atoms with Crippen LogP contribution in [-0.2, 0) is 19.9 Å². The quantitative estimate of drug-likeness (QED) is 0.794. The highest BCUT2D eigenvalue weighted by atomic mass is 32.2. The summed E-state index contributed by atoms with van der Waals surface area (Å²) in [5.74, 6) is -1.85. The first-order valence-corrected chi connectivity index (χ1v) is 9.40. The second-order valence-electron chi connectivity index (χ2n) is 4.94. The largest absolute Gasteiger partial charge is 0.478 e. The van der Waals surface area contributed by atoms with Crippen molar-refractivity contribution in [2.45, 2.75) is 31.2 Å². The molecule has 0 spiro atoms. The predicted molar refractivity (Wildman–Crippen MR) is 72.5 cm³/mol. The van der Waals surface area contributed by atoms with Crippen LogP contribution in [0.25, 0.3) is 0 Å². The van der Waals surface area contributed by atoms with Crippen molar-refractivity contribution in [1.82, 2.24) is 4.72 Å². The minimum absolute atomic E-state index is 0.0144. The fourth-order valence-corrected chi connectivity index (χ4v) is 5.86. The number of nitrogens with one attached hydrogen (secondary N) is 1. The van der Waals surface area contributed by atoms with Gasteiger partial charge in [0.25, 0.3) is 0 Å². The van der Waals surface area contributed by atoms with Crippen molar-refractivity contribution in [3.63, 3.8) is 0 Å². The number of sulfone groups is 1. The number of carboxylic acids is 1. The number of sulfonamides is 1. The number of hydrogen-bond donors (Lipinski definition) is 2. The molecule has 0 aliphatic carbocycles. The zero-order valence-corrected chi connectivity index (χ0v) is 13.0. The van der Waals surface area contributed by atoms with Gasteiger partial charge in [-0.25, -0.2) is 26.4 Å². The van der Waals surface area contributed by atoms with Crippen molar-refractivity contribution in [2.75, 3.05) is 11.5 Å². The molecule has 0 bridgehead atoms. The predicted octanol–water partition coefficient (Wildman–Crippen LogP) is 0.0600. The van der Waals surface area contributed by atoms with E-state index in [0.29, 0.717) is 0 Å². The van der Waals surface area contributed by atoms with E-state index < -0.39 is 42.3 Å². The Kier molecular flexibility index (Phi) is 3.89. The molecular formula is C11H15NO7S2. The van der Waals surface area contributed by atoms with Crippen LogP contribution in [0.4, 0.5) is 0 Å². The van der Waals surface area contributed by atoms with Crippen LogP contribution in [0.1, 0.15) is 28.3 Å². The molecule has 21 heavy (non-hydrogen) atoms. The fraction of sp³-hybridized carbons (Fsp3) is 0.545. The highest BCUT2D eigenvalue weighted by Gasteiger charge is 2.36. The van der Waals surface area contributed by atoms with Crippen LogP contribution < -0.4 is 4.72 Å². The summed E-state index contributed by atoms with van der Waals surface area (Å²) in [7, 11) is -7.42. The summed E-state index contributed by atoms with van der Waals surface area (Å²) in [6.07, 6.45) is 0.167. The van der Waals surface area contributed by atoms with Gasteiger partial charge in [-0.05, 0) is 20.3 Å². The molecule has 118 valence electrons. The minimum atomic E-state index is -4.17. The molecule has 1 atom stereocenters. The maximum absolute atomic E-state index is 12.3. The number of hydrogen-bond acceptors (Lipinski definition) is 6. The summed E-state index contributed by atoms with van der Waals surface area (Å²) in [6, 6.07) is -0.753. The van der Waals surface area contributed by atoms with E-state index in [0.717, 1.165) is 0 Å². The van der Waals surface area contributed by atoms with Gasteiger partial charge in [-0.1, -0.05) is 0 Å². The van der Waals surface area contributed by atoms with E-state index in [2.05, 4.69) is 4.72 Å². The van der Waals surface area contributed by atoms with Crippen molar-refractivity contribution in [3.05, 3.63) is 17.1 Å². The van der Waals surface area contributed by atoms with E-state index in [1.54, 1.807) is 0 Å². The van der Waals surface area contributed by atoms with Gasteiger partial charge in [0.05, 0.1) is 11.5 Å². The lowest BCUT2D eigenvalue weighted by molar-refractivity contribution is 0.0691. The molecule has 1 saturated heterocycles. The lowest BCUT2D eigenvalue weighted by atomic mass is 10.2. The first kappa shape index (κ1) is 16.0. The maximum Gasteiger partial charge on any atom is 0.340 e. The van der Waals surface area contributed by atoms with E-state index in [4.69, 9.17) is 9.52 Å². The van der Waals surface area contributed by atoms with E-state index >= 15 is 0 Å². The van der Waals surface area contributed by atoms with Crippen LogP contribution in [0.15, 0.2) is 9.31 Å². The van der Waals surface area contributed by atoms with Gasteiger partial charge < -0.3 is 9.52 Å². The summed E-state index contributed by atoms with van der Waals surface area (Å²) < 4.78 is 54.7. The Labute approximate surface area is 122 Å². The lowest BCUT2D eigenvalue weighted by Crippen LogP contribution is -2.36. The van der Waals surface area contributed by atoms with Crippen LogP contribution >= 0.6 is 0 Å². The second kappa shape index (κ2) is 5.11. The Balaban J connectivity index is 2.39. The molecule has 1 aliphatic rings. The van der Waals surface area contributed by atoms with Crippen LogP contribution in [0.3, 0.4) is 0 Å². The zero-order valence-electron chi connectivity index (χ0n) is 11.4. The topological polar surface area (TPSA) is 131 Å². The number of carboxylic acid groups (broad SMARTS) is 1. The third-order valence-corrected chi connectivity index (χ3v) is 6.68. The Morgan fingerprint density at radius 3 is 2.43 bits per heavy atom. The van der Waals surface area contributed by atoms with Gasteiger partial charge in [-0.3, -0.25) is 0 Å². The molecule has 1 unspecified atom stereocenters. The highest BCUT2D eigenvalue weighted by Crippen LogP contribution is 2.27. The Morgan fingerprint density at radius 2 is 1.95 bits per heavy atom. The molecule has 0 aromatic carbocycles. The molecule has 1 fully saturated rings. The number of furan rings is 1. The SMILES string of the molecule is Cc1oc(C)c(S(=O)(=O)NC2CCS(=O)(=O)C2)c1C(=O)O. The molecule has 1 aliphatic heterocycles. The van der Waals surface area contributed by atoms with Gasteiger partial charge in [-0.15, -0.1) is 0 Å². The second-order valence-corrected chi connectivity index (χ2v) is 8.82. The smallest absolute Gasteiger partial charge is 0.340 e. The summed E-state index contributed by atoms with van der Waals surface area (Å²) in [5.41, 5.74) is -0.430. The Morgan fingerprint density at radius 1 is 1.33 bits per heavy atom. The number of rotatable bonds is 4. The first-order chi connectivity index (χ1) is 9.53. The van der Waals surface area contributed by atoms with Crippen molar-refractivity contribution in [3.8, 4) is 0 Å². The molecule has 0 saturated carbocycles.